The fourth-order valence-corrected chi connectivity index (χ4v) is 1.76. The number of nitrogens with one attached hydrogen (secondary N) is 2. The smallest absolute Gasteiger partial charge is 0.332 e. The van der Waals surface area contributed by atoms with E-state index in [4.69, 9.17) is 5.84 Å². The minimum Gasteiger partial charge on any atom is -0.360 e. The molecule has 2 aromatic heterocycles. The van der Waals surface area contributed by atoms with Crippen molar-refractivity contribution < 1.29 is 4.92 Å². The molecule has 0 aliphatic rings. The minimum atomic E-state index is -0.522. The summed E-state index contributed by atoms with van der Waals surface area (Å²) < 4.78 is 0. The number of aromatic nitrogens is 3. The van der Waals surface area contributed by atoms with Crippen LogP contribution in [0.2, 0.25) is 0 Å². The summed E-state index contributed by atoms with van der Waals surface area (Å²) in [5.74, 6) is 5.48. The molecule has 0 bridgehead atoms. The van der Waals surface area contributed by atoms with Crippen LogP contribution in [0.3, 0.4) is 0 Å². The van der Waals surface area contributed by atoms with Crippen molar-refractivity contribution in [3.63, 3.8) is 0 Å². The zero-order valence-corrected chi connectivity index (χ0v) is 11.6. The molecule has 9 nitrogen and oxygen atoms in total. The molecule has 4 N–H and O–H groups in total. The van der Waals surface area contributed by atoms with Crippen molar-refractivity contribution in [3.8, 4) is 0 Å². The molecule has 0 atom stereocenters. The third kappa shape index (κ3) is 3.39. The van der Waals surface area contributed by atoms with Crippen molar-refractivity contribution in [2.45, 2.75) is 20.4 Å². The number of nitrogens with zero attached hydrogens (tertiary/aromatic N) is 4. The Labute approximate surface area is 120 Å². The predicted octanol–water partition coefficient (Wildman–Crippen LogP) is 1.29. The van der Waals surface area contributed by atoms with Gasteiger partial charge in [-0.15, -0.1) is 0 Å². The monoisotopic (exact) mass is 289 g/mol. The quantitative estimate of drug-likeness (QED) is 0.426. The summed E-state index contributed by atoms with van der Waals surface area (Å²) in [6, 6.07) is 3.75. The average Bonchev–Trinajstić information content (AvgIpc) is 2.45. The van der Waals surface area contributed by atoms with Crippen LogP contribution in [0.1, 0.15) is 17.0 Å². The molecular formula is C12H15N7O2. The van der Waals surface area contributed by atoms with Gasteiger partial charge in [0.2, 0.25) is 11.8 Å². The highest BCUT2D eigenvalue weighted by molar-refractivity contribution is 5.60. The lowest BCUT2D eigenvalue weighted by atomic mass is 10.2. The summed E-state index contributed by atoms with van der Waals surface area (Å²) in [5.41, 5.74) is 4.12. The Balaban J connectivity index is 2.27. The van der Waals surface area contributed by atoms with Gasteiger partial charge in [0, 0.05) is 18.4 Å². The average molecular weight is 289 g/mol. The first-order valence-electron chi connectivity index (χ1n) is 6.16. The largest absolute Gasteiger partial charge is 0.360 e. The molecule has 0 amide bonds. The number of nitrogens with two attached hydrogens (primary N) is 1. The molecular weight excluding hydrogens is 274 g/mol. The van der Waals surface area contributed by atoms with Gasteiger partial charge in [-0.2, -0.15) is 4.98 Å². The Bertz CT molecular complexity index is 657. The van der Waals surface area contributed by atoms with E-state index in [2.05, 4.69) is 25.7 Å². The molecule has 0 unspecified atom stereocenters. The molecule has 0 spiro atoms. The zero-order valence-electron chi connectivity index (χ0n) is 11.6. The van der Waals surface area contributed by atoms with Crippen LogP contribution in [0.15, 0.2) is 18.3 Å². The highest BCUT2D eigenvalue weighted by Gasteiger charge is 2.21. The molecule has 21 heavy (non-hydrogen) atoms. The maximum atomic E-state index is 11.1. The maximum absolute atomic E-state index is 11.1. The fraction of sp³-hybridized carbons (Fsp3) is 0.250. The van der Waals surface area contributed by atoms with Crippen LogP contribution >= 0.6 is 0 Å². The minimum absolute atomic E-state index is 0.112. The SMILES string of the molecule is Cc1ccc(CNc2nc(NN)nc(C)c2[N+](=O)[O-])cn1. The van der Waals surface area contributed by atoms with Crippen LogP contribution in [0.25, 0.3) is 0 Å². The van der Waals surface area contributed by atoms with E-state index in [1.165, 1.54) is 6.92 Å². The molecule has 0 saturated carbocycles. The van der Waals surface area contributed by atoms with Gasteiger partial charge in [0.05, 0.1) is 4.92 Å². The molecule has 2 heterocycles. The molecule has 2 aromatic rings. The highest BCUT2D eigenvalue weighted by atomic mass is 16.6. The van der Waals surface area contributed by atoms with E-state index < -0.39 is 4.92 Å². The fourth-order valence-electron chi connectivity index (χ4n) is 1.76. The number of anilines is 2. The van der Waals surface area contributed by atoms with Gasteiger partial charge in [-0.3, -0.25) is 20.5 Å². The first-order valence-corrected chi connectivity index (χ1v) is 6.16. The summed E-state index contributed by atoms with van der Waals surface area (Å²) >= 11 is 0. The van der Waals surface area contributed by atoms with Crippen molar-refractivity contribution >= 4 is 17.5 Å². The van der Waals surface area contributed by atoms with Crippen LogP contribution in [0.5, 0.6) is 0 Å². The number of pyridine rings is 1. The first-order chi connectivity index (χ1) is 10.0. The van der Waals surface area contributed by atoms with Crippen molar-refractivity contribution in [3.05, 3.63) is 45.4 Å². The van der Waals surface area contributed by atoms with E-state index in [1.807, 2.05) is 19.1 Å². The van der Waals surface area contributed by atoms with Gasteiger partial charge in [0.15, 0.2) is 0 Å². The highest BCUT2D eigenvalue weighted by Crippen LogP contribution is 2.26. The number of aryl methyl sites for hydroxylation is 2. The van der Waals surface area contributed by atoms with Crippen molar-refractivity contribution in [2.24, 2.45) is 5.84 Å². The van der Waals surface area contributed by atoms with E-state index in [0.29, 0.717) is 6.54 Å². The van der Waals surface area contributed by atoms with Gasteiger partial charge in [0.25, 0.3) is 0 Å². The second-order valence-electron chi connectivity index (χ2n) is 4.39. The van der Waals surface area contributed by atoms with Crippen LogP contribution in [0.4, 0.5) is 17.5 Å². The summed E-state index contributed by atoms with van der Waals surface area (Å²) in [6.45, 7) is 3.77. The van der Waals surface area contributed by atoms with Crippen LogP contribution < -0.4 is 16.6 Å². The van der Waals surface area contributed by atoms with Gasteiger partial charge >= 0.3 is 5.69 Å². The maximum Gasteiger partial charge on any atom is 0.332 e. The first kappa shape index (κ1) is 14.6. The predicted molar refractivity (Wildman–Crippen MR) is 77.5 cm³/mol. The normalized spacial score (nSPS) is 10.2. The molecule has 0 aromatic carbocycles. The van der Waals surface area contributed by atoms with Crippen LogP contribution in [-0.2, 0) is 6.54 Å². The molecule has 0 saturated heterocycles. The zero-order chi connectivity index (χ0) is 15.4. The second kappa shape index (κ2) is 6.09. The van der Waals surface area contributed by atoms with Gasteiger partial charge in [-0.25, -0.2) is 10.8 Å². The molecule has 110 valence electrons. The van der Waals surface area contributed by atoms with E-state index in [9.17, 15) is 10.1 Å². The summed E-state index contributed by atoms with van der Waals surface area (Å²) in [6.07, 6.45) is 1.70. The number of nitro groups is 1. The van der Waals surface area contributed by atoms with E-state index in [0.717, 1.165) is 11.3 Å². The van der Waals surface area contributed by atoms with Gasteiger partial charge in [0.1, 0.15) is 5.69 Å². The number of nitrogen functional groups attached to an aromatic ring is 1. The van der Waals surface area contributed by atoms with Crippen LogP contribution in [0, 0.1) is 24.0 Å². The molecule has 9 heteroatoms. The Hall–Kier alpha value is -2.81. The summed E-state index contributed by atoms with van der Waals surface area (Å²) in [7, 11) is 0. The van der Waals surface area contributed by atoms with E-state index >= 15 is 0 Å². The standard InChI is InChI=1S/C12H15N7O2/c1-7-3-4-9(5-14-7)6-15-11-10(19(20)21)8(2)16-12(17-11)18-13/h3-5H,6,13H2,1-2H3,(H2,15,16,17,18). The lowest BCUT2D eigenvalue weighted by molar-refractivity contribution is -0.385. The molecule has 0 aliphatic carbocycles. The van der Waals surface area contributed by atoms with Crippen LogP contribution in [-0.4, -0.2) is 19.9 Å². The second-order valence-corrected chi connectivity index (χ2v) is 4.39. The van der Waals surface area contributed by atoms with Crippen molar-refractivity contribution in [2.75, 3.05) is 10.7 Å². The Morgan fingerprint density at radius 2 is 2.10 bits per heavy atom. The topological polar surface area (TPSA) is 132 Å². The lowest BCUT2D eigenvalue weighted by Gasteiger charge is -2.09. The Kier molecular flexibility index (Phi) is 4.24. The molecule has 0 fully saturated rings. The third-order valence-electron chi connectivity index (χ3n) is 2.80. The number of hydrazine groups is 1. The van der Waals surface area contributed by atoms with Crippen molar-refractivity contribution in [1.82, 2.24) is 15.0 Å². The summed E-state index contributed by atoms with van der Waals surface area (Å²) in [5, 5.41) is 14.0. The third-order valence-corrected chi connectivity index (χ3v) is 2.80. The lowest BCUT2D eigenvalue weighted by Crippen LogP contribution is -2.14. The molecule has 2 rings (SSSR count). The van der Waals surface area contributed by atoms with Gasteiger partial charge < -0.3 is 5.32 Å². The Morgan fingerprint density at radius 3 is 2.67 bits per heavy atom. The van der Waals surface area contributed by atoms with E-state index in [-0.39, 0.29) is 23.1 Å². The van der Waals surface area contributed by atoms with Gasteiger partial charge in [-0.1, -0.05) is 6.07 Å². The number of hydrogen-bond acceptors (Lipinski definition) is 8. The molecule has 0 radical (unpaired) electrons. The van der Waals surface area contributed by atoms with E-state index in [1.54, 1.807) is 6.20 Å². The van der Waals surface area contributed by atoms with Crippen molar-refractivity contribution in [1.29, 1.82) is 0 Å². The summed E-state index contributed by atoms with van der Waals surface area (Å²) in [4.78, 5) is 22.6. The number of rotatable bonds is 5. The van der Waals surface area contributed by atoms with Gasteiger partial charge in [-0.05, 0) is 25.5 Å². The Morgan fingerprint density at radius 1 is 1.33 bits per heavy atom. The number of hydrogen-bond donors (Lipinski definition) is 3. The molecule has 0 aliphatic heterocycles.